The molecule has 0 radical (unpaired) electrons. The van der Waals surface area contributed by atoms with Gasteiger partial charge in [-0.15, -0.1) is 0 Å². The van der Waals surface area contributed by atoms with Crippen LogP contribution in [0.1, 0.15) is 48.7 Å². The van der Waals surface area contributed by atoms with Crippen molar-refractivity contribution in [2.45, 2.75) is 45.1 Å². The number of nitrogens with one attached hydrogen (secondary N) is 1. The van der Waals surface area contributed by atoms with Crippen LogP contribution in [0.3, 0.4) is 0 Å². The standard InChI is InChI=1S/C22H29N3O2/c1-3-19-9-6-7-15-25(19)22(26)20-12-11-18(16-24-20)23-14-13-17-8-4-5-10-21(17)27-2/h4-5,8,10-12,16,19,23H,3,6-7,9,13-15H2,1-2H3. The van der Waals surface area contributed by atoms with E-state index in [2.05, 4.69) is 23.3 Å². The highest BCUT2D eigenvalue weighted by atomic mass is 16.5. The van der Waals surface area contributed by atoms with Crippen molar-refractivity contribution in [3.63, 3.8) is 0 Å². The van der Waals surface area contributed by atoms with Crippen LogP contribution < -0.4 is 10.1 Å². The summed E-state index contributed by atoms with van der Waals surface area (Å²) in [6, 6.07) is 12.2. The fourth-order valence-electron chi connectivity index (χ4n) is 3.72. The summed E-state index contributed by atoms with van der Waals surface area (Å²) >= 11 is 0. The zero-order valence-electron chi connectivity index (χ0n) is 16.3. The van der Waals surface area contributed by atoms with Gasteiger partial charge in [-0.2, -0.15) is 0 Å². The Morgan fingerprint density at radius 3 is 2.85 bits per heavy atom. The largest absolute Gasteiger partial charge is 0.496 e. The zero-order valence-corrected chi connectivity index (χ0v) is 16.3. The van der Waals surface area contributed by atoms with Gasteiger partial charge in [0, 0.05) is 19.1 Å². The molecule has 0 bridgehead atoms. The van der Waals surface area contributed by atoms with Crippen LogP contribution in [0.25, 0.3) is 0 Å². The number of anilines is 1. The number of carbonyl (C=O) groups excluding carboxylic acids is 1. The van der Waals surface area contributed by atoms with Crippen molar-refractivity contribution in [3.05, 3.63) is 53.9 Å². The Hall–Kier alpha value is -2.56. The molecule has 1 saturated heterocycles. The van der Waals surface area contributed by atoms with Crippen LogP contribution in [0.15, 0.2) is 42.6 Å². The number of amides is 1. The molecule has 3 rings (SSSR count). The Kier molecular flexibility index (Phi) is 6.69. The van der Waals surface area contributed by atoms with Crippen LogP contribution in [-0.2, 0) is 6.42 Å². The smallest absolute Gasteiger partial charge is 0.272 e. The van der Waals surface area contributed by atoms with Crippen molar-refractivity contribution >= 4 is 11.6 Å². The molecule has 1 unspecified atom stereocenters. The van der Waals surface area contributed by atoms with Gasteiger partial charge in [-0.05, 0) is 55.9 Å². The number of carbonyl (C=O) groups is 1. The van der Waals surface area contributed by atoms with Crippen molar-refractivity contribution in [1.82, 2.24) is 9.88 Å². The van der Waals surface area contributed by atoms with Gasteiger partial charge in [0.05, 0.1) is 19.0 Å². The molecule has 1 aromatic heterocycles. The van der Waals surface area contributed by atoms with E-state index in [9.17, 15) is 4.79 Å². The summed E-state index contributed by atoms with van der Waals surface area (Å²) in [5.74, 6) is 0.965. The number of hydrogen-bond donors (Lipinski definition) is 1. The first-order chi connectivity index (χ1) is 13.2. The average molecular weight is 367 g/mol. The average Bonchev–Trinajstić information content (AvgIpc) is 2.74. The first-order valence-corrected chi connectivity index (χ1v) is 9.85. The van der Waals surface area contributed by atoms with Gasteiger partial charge in [0.2, 0.25) is 0 Å². The number of nitrogens with zero attached hydrogens (tertiary/aromatic N) is 2. The number of piperidine rings is 1. The number of hydrogen-bond acceptors (Lipinski definition) is 4. The third-order valence-corrected chi connectivity index (χ3v) is 5.26. The zero-order chi connectivity index (χ0) is 19.1. The molecule has 0 saturated carbocycles. The van der Waals surface area contributed by atoms with Crippen LogP contribution in [0.2, 0.25) is 0 Å². The predicted molar refractivity (Wildman–Crippen MR) is 108 cm³/mol. The first-order valence-electron chi connectivity index (χ1n) is 9.85. The van der Waals surface area contributed by atoms with Gasteiger partial charge < -0.3 is 15.0 Å². The summed E-state index contributed by atoms with van der Waals surface area (Å²) < 4.78 is 5.38. The molecular formula is C22H29N3O2. The number of ether oxygens (including phenoxy) is 1. The minimum Gasteiger partial charge on any atom is -0.496 e. The second-order valence-electron chi connectivity index (χ2n) is 6.98. The monoisotopic (exact) mass is 367 g/mol. The van der Waals surface area contributed by atoms with Gasteiger partial charge in [-0.25, -0.2) is 4.98 Å². The lowest BCUT2D eigenvalue weighted by molar-refractivity contribution is 0.0602. The normalized spacial score (nSPS) is 16.8. The summed E-state index contributed by atoms with van der Waals surface area (Å²) in [6.45, 7) is 3.77. The summed E-state index contributed by atoms with van der Waals surface area (Å²) in [7, 11) is 1.69. The molecule has 1 aromatic carbocycles. The van der Waals surface area contributed by atoms with Gasteiger partial charge in [-0.3, -0.25) is 4.79 Å². The number of aromatic nitrogens is 1. The van der Waals surface area contributed by atoms with E-state index in [-0.39, 0.29) is 5.91 Å². The summed E-state index contributed by atoms with van der Waals surface area (Å²) in [5, 5.41) is 3.37. The lowest BCUT2D eigenvalue weighted by atomic mass is 9.99. The maximum Gasteiger partial charge on any atom is 0.272 e. The van der Waals surface area contributed by atoms with Crippen molar-refractivity contribution < 1.29 is 9.53 Å². The van der Waals surface area contributed by atoms with E-state index in [0.717, 1.165) is 50.2 Å². The molecule has 1 N–H and O–H groups in total. The highest BCUT2D eigenvalue weighted by Crippen LogP contribution is 2.22. The van der Waals surface area contributed by atoms with Gasteiger partial charge >= 0.3 is 0 Å². The van der Waals surface area contributed by atoms with Gasteiger partial charge in [0.25, 0.3) is 5.91 Å². The summed E-state index contributed by atoms with van der Waals surface area (Å²) in [4.78, 5) is 19.2. The fraction of sp³-hybridized carbons (Fsp3) is 0.455. The molecule has 0 spiro atoms. The van der Waals surface area contributed by atoms with Gasteiger partial charge in [-0.1, -0.05) is 25.1 Å². The van der Waals surface area contributed by atoms with E-state index < -0.39 is 0 Å². The third-order valence-electron chi connectivity index (χ3n) is 5.26. The number of benzene rings is 1. The molecule has 1 fully saturated rings. The summed E-state index contributed by atoms with van der Waals surface area (Å²) in [6.07, 6.45) is 7.02. The third kappa shape index (κ3) is 4.79. The van der Waals surface area contributed by atoms with Crippen molar-refractivity contribution in [1.29, 1.82) is 0 Å². The Labute approximate surface area is 161 Å². The molecule has 2 heterocycles. The number of rotatable bonds is 7. The Balaban J connectivity index is 1.56. The van der Waals surface area contributed by atoms with Crippen molar-refractivity contribution in [3.8, 4) is 5.75 Å². The molecule has 2 aromatic rings. The van der Waals surface area contributed by atoms with Crippen LogP contribution in [-0.4, -0.2) is 42.0 Å². The molecular weight excluding hydrogens is 338 g/mol. The van der Waals surface area contributed by atoms with Crippen LogP contribution in [0.4, 0.5) is 5.69 Å². The molecule has 1 atom stereocenters. The molecule has 5 heteroatoms. The topological polar surface area (TPSA) is 54.5 Å². The second kappa shape index (κ2) is 9.40. The van der Waals surface area contributed by atoms with E-state index in [1.54, 1.807) is 13.3 Å². The minimum atomic E-state index is 0.0575. The Bertz CT molecular complexity index is 745. The Morgan fingerprint density at radius 2 is 2.11 bits per heavy atom. The quantitative estimate of drug-likeness (QED) is 0.799. The Morgan fingerprint density at radius 1 is 1.26 bits per heavy atom. The molecule has 1 amide bonds. The number of pyridine rings is 1. The first kappa shape index (κ1) is 19.2. The molecule has 27 heavy (non-hydrogen) atoms. The van der Waals surface area contributed by atoms with Crippen molar-refractivity contribution in [2.75, 3.05) is 25.5 Å². The van der Waals surface area contributed by atoms with Crippen molar-refractivity contribution in [2.24, 2.45) is 0 Å². The minimum absolute atomic E-state index is 0.0575. The maximum absolute atomic E-state index is 12.8. The van der Waals surface area contributed by atoms with E-state index in [1.165, 1.54) is 12.0 Å². The van der Waals surface area contributed by atoms with E-state index in [1.807, 2.05) is 35.2 Å². The lowest BCUT2D eigenvalue weighted by Crippen LogP contribution is -2.43. The molecule has 0 aliphatic carbocycles. The SMILES string of the molecule is CCC1CCCCN1C(=O)c1ccc(NCCc2ccccc2OC)cn1. The van der Waals surface area contributed by atoms with Crippen LogP contribution in [0, 0.1) is 0 Å². The number of methoxy groups -OCH3 is 1. The fourth-order valence-corrected chi connectivity index (χ4v) is 3.72. The van der Waals surface area contributed by atoms with Gasteiger partial charge in [0.1, 0.15) is 11.4 Å². The molecule has 1 aliphatic heterocycles. The molecule has 5 nitrogen and oxygen atoms in total. The number of para-hydroxylation sites is 1. The predicted octanol–water partition coefficient (Wildman–Crippen LogP) is 4.15. The van der Waals surface area contributed by atoms with Crippen LogP contribution >= 0.6 is 0 Å². The number of likely N-dealkylation sites (tertiary alicyclic amines) is 1. The lowest BCUT2D eigenvalue weighted by Gasteiger charge is -2.35. The van der Waals surface area contributed by atoms with Gasteiger partial charge in [0.15, 0.2) is 0 Å². The van der Waals surface area contributed by atoms with E-state index in [4.69, 9.17) is 4.74 Å². The van der Waals surface area contributed by atoms with E-state index in [0.29, 0.717) is 11.7 Å². The molecule has 1 aliphatic rings. The second-order valence-corrected chi connectivity index (χ2v) is 6.98. The highest BCUT2D eigenvalue weighted by Gasteiger charge is 2.26. The van der Waals surface area contributed by atoms with Crippen LogP contribution in [0.5, 0.6) is 5.75 Å². The van der Waals surface area contributed by atoms with E-state index >= 15 is 0 Å². The maximum atomic E-state index is 12.8. The summed E-state index contributed by atoms with van der Waals surface area (Å²) in [5.41, 5.74) is 2.63. The molecule has 144 valence electrons. The highest BCUT2D eigenvalue weighted by molar-refractivity contribution is 5.92.